The van der Waals surface area contributed by atoms with Crippen LogP contribution < -0.4 is 5.32 Å². The summed E-state index contributed by atoms with van der Waals surface area (Å²) in [7, 11) is -3.00. The highest BCUT2D eigenvalue weighted by Crippen LogP contribution is 2.13. The van der Waals surface area contributed by atoms with E-state index in [0.29, 0.717) is 6.04 Å². The Kier molecular flexibility index (Phi) is 7.24. The van der Waals surface area contributed by atoms with Crippen LogP contribution in [0.1, 0.15) is 44.2 Å². The molecule has 3 nitrogen and oxygen atoms in total. The standard InChI is InChI=1S/C16H27NO2S/c1-4-11-17-15(3)9-7-12-20(18,19)13-16-10-6-5-8-14(16)2/h5-6,8,10,15,17H,4,7,9,11-13H2,1-3H3. The van der Waals surface area contributed by atoms with Crippen LogP contribution in [0.15, 0.2) is 24.3 Å². The van der Waals surface area contributed by atoms with Gasteiger partial charge in [-0.25, -0.2) is 8.42 Å². The molecule has 4 heteroatoms. The van der Waals surface area contributed by atoms with E-state index in [1.54, 1.807) is 0 Å². The lowest BCUT2D eigenvalue weighted by Crippen LogP contribution is -2.27. The predicted molar refractivity (Wildman–Crippen MR) is 85.7 cm³/mol. The minimum absolute atomic E-state index is 0.163. The molecule has 1 aromatic rings. The molecule has 1 unspecified atom stereocenters. The van der Waals surface area contributed by atoms with Gasteiger partial charge in [-0.05, 0) is 50.8 Å². The Morgan fingerprint density at radius 2 is 1.95 bits per heavy atom. The summed E-state index contributed by atoms with van der Waals surface area (Å²) >= 11 is 0. The predicted octanol–water partition coefficient (Wildman–Crippen LogP) is 3.08. The second-order valence-electron chi connectivity index (χ2n) is 5.52. The second kappa shape index (κ2) is 8.42. The van der Waals surface area contributed by atoms with Gasteiger partial charge in [-0.2, -0.15) is 0 Å². The van der Waals surface area contributed by atoms with Crippen LogP contribution in [0.4, 0.5) is 0 Å². The summed E-state index contributed by atoms with van der Waals surface area (Å²) < 4.78 is 24.3. The Bertz CT molecular complexity index is 497. The molecule has 114 valence electrons. The van der Waals surface area contributed by atoms with E-state index in [1.807, 2.05) is 31.2 Å². The average Bonchev–Trinajstić information content (AvgIpc) is 2.38. The topological polar surface area (TPSA) is 46.2 Å². The fourth-order valence-electron chi connectivity index (χ4n) is 2.18. The van der Waals surface area contributed by atoms with Gasteiger partial charge in [0.2, 0.25) is 0 Å². The lowest BCUT2D eigenvalue weighted by Gasteiger charge is -2.13. The first kappa shape index (κ1) is 17.2. The van der Waals surface area contributed by atoms with Crippen molar-refractivity contribution in [2.24, 2.45) is 0 Å². The lowest BCUT2D eigenvalue weighted by atomic mass is 10.1. The maximum Gasteiger partial charge on any atom is 0.154 e. The summed E-state index contributed by atoms with van der Waals surface area (Å²) in [5.41, 5.74) is 1.97. The molecule has 0 aliphatic heterocycles. The molecule has 0 fully saturated rings. The summed E-state index contributed by atoms with van der Waals surface area (Å²) in [6.45, 7) is 7.20. The molecule has 0 spiro atoms. The summed E-state index contributed by atoms with van der Waals surface area (Å²) in [5, 5.41) is 3.38. The summed E-state index contributed by atoms with van der Waals surface area (Å²) in [6.07, 6.45) is 2.75. The number of hydrogen-bond acceptors (Lipinski definition) is 3. The number of benzene rings is 1. The van der Waals surface area contributed by atoms with Crippen molar-refractivity contribution in [3.63, 3.8) is 0 Å². The van der Waals surface area contributed by atoms with Crippen LogP contribution in [-0.2, 0) is 15.6 Å². The van der Waals surface area contributed by atoms with Crippen LogP contribution in [-0.4, -0.2) is 26.8 Å². The van der Waals surface area contributed by atoms with Gasteiger partial charge < -0.3 is 5.32 Å². The molecule has 1 N–H and O–H groups in total. The largest absolute Gasteiger partial charge is 0.314 e. The van der Waals surface area contributed by atoms with Crippen molar-refractivity contribution in [1.29, 1.82) is 0 Å². The van der Waals surface area contributed by atoms with Crippen molar-refractivity contribution in [3.8, 4) is 0 Å². The molecule has 0 aliphatic rings. The van der Waals surface area contributed by atoms with E-state index in [2.05, 4.69) is 19.2 Å². The molecule has 0 bridgehead atoms. The average molecular weight is 297 g/mol. The van der Waals surface area contributed by atoms with Gasteiger partial charge in [0.25, 0.3) is 0 Å². The maximum atomic E-state index is 12.1. The van der Waals surface area contributed by atoms with Crippen LogP contribution in [0.25, 0.3) is 0 Å². The van der Waals surface area contributed by atoms with Crippen molar-refractivity contribution in [2.75, 3.05) is 12.3 Å². The van der Waals surface area contributed by atoms with Crippen LogP contribution in [0.5, 0.6) is 0 Å². The number of aryl methyl sites for hydroxylation is 1. The monoisotopic (exact) mass is 297 g/mol. The van der Waals surface area contributed by atoms with E-state index in [4.69, 9.17) is 0 Å². The molecule has 0 radical (unpaired) electrons. The number of nitrogens with one attached hydrogen (secondary N) is 1. The van der Waals surface area contributed by atoms with E-state index in [9.17, 15) is 8.42 Å². The highest BCUT2D eigenvalue weighted by molar-refractivity contribution is 7.90. The zero-order valence-corrected chi connectivity index (χ0v) is 13.7. The zero-order valence-electron chi connectivity index (χ0n) is 12.9. The first-order chi connectivity index (χ1) is 9.44. The normalized spacial score (nSPS) is 13.3. The fourth-order valence-corrected chi connectivity index (χ4v) is 3.73. The molecule has 1 aromatic carbocycles. The minimum Gasteiger partial charge on any atom is -0.314 e. The van der Waals surface area contributed by atoms with Crippen molar-refractivity contribution >= 4 is 9.84 Å². The zero-order chi connectivity index (χ0) is 15.0. The maximum absolute atomic E-state index is 12.1. The van der Waals surface area contributed by atoms with E-state index < -0.39 is 9.84 Å². The SMILES string of the molecule is CCCNC(C)CCCS(=O)(=O)Cc1ccccc1C. The van der Waals surface area contributed by atoms with Gasteiger partial charge in [0.05, 0.1) is 11.5 Å². The number of hydrogen-bond donors (Lipinski definition) is 1. The molecule has 0 aromatic heterocycles. The summed E-state index contributed by atoms with van der Waals surface area (Å²) in [5.74, 6) is 0.440. The molecule has 0 aliphatic carbocycles. The first-order valence-electron chi connectivity index (χ1n) is 7.43. The van der Waals surface area contributed by atoms with E-state index in [0.717, 1.165) is 36.9 Å². The Labute approximate surface area is 123 Å². The van der Waals surface area contributed by atoms with Gasteiger partial charge in [0.1, 0.15) is 0 Å². The van der Waals surface area contributed by atoms with Gasteiger partial charge in [0.15, 0.2) is 9.84 Å². The van der Waals surface area contributed by atoms with Crippen LogP contribution in [0.2, 0.25) is 0 Å². The van der Waals surface area contributed by atoms with E-state index in [-0.39, 0.29) is 11.5 Å². The van der Waals surface area contributed by atoms with Crippen molar-refractivity contribution in [1.82, 2.24) is 5.32 Å². The molecule has 0 heterocycles. The van der Waals surface area contributed by atoms with Crippen LogP contribution >= 0.6 is 0 Å². The Hall–Kier alpha value is -0.870. The quantitative estimate of drug-likeness (QED) is 0.762. The van der Waals surface area contributed by atoms with Crippen molar-refractivity contribution in [2.45, 2.75) is 51.8 Å². The number of sulfone groups is 1. The third-order valence-corrected chi connectivity index (χ3v) is 5.13. The summed E-state index contributed by atoms with van der Waals surface area (Å²) in [4.78, 5) is 0. The first-order valence-corrected chi connectivity index (χ1v) is 9.25. The highest BCUT2D eigenvalue weighted by Gasteiger charge is 2.13. The summed E-state index contributed by atoms with van der Waals surface area (Å²) in [6, 6.07) is 8.09. The molecule has 0 saturated heterocycles. The molecule has 0 saturated carbocycles. The Morgan fingerprint density at radius 3 is 2.60 bits per heavy atom. The molecule has 1 rings (SSSR count). The van der Waals surface area contributed by atoms with Crippen LogP contribution in [0, 0.1) is 6.92 Å². The smallest absolute Gasteiger partial charge is 0.154 e. The molecule has 20 heavy (non-hydrogen) atoms. The fraction of sp³-hybridized carbons (Fsp3) is 0.625. The van der Waals surface area contributed by atoms with Gasteiger partial charge in [-0.1, -0.05) is 31.2 Å². The molecule has 1 atom stereocenters. The second-order valence-corrected chi connectivity index (χ2v) is 7.70. The van der Waals surface area contributed by atoms with Crippen LogP contribution in [0.3, 0.4) is 0 Å². The van der Waals surface area contributed by atoms with E-state index >= 15 is 0 Å². The van der Waals surface area contributed by atoms with Gasteiger partial charge in [-0.15, -0.1) is 0 Å². The van der Waals surface area contributed by atoms with Gasteiger partial charge >= 0.3 is 0 Å². The van der Waals surface area contributed by atoms with Gasteiger partial charge in [-0.3, -0.25) is 0 Å². The Balaban J connectivity index is 2.41. The molecular formula is C16H27NO2S. The van der Waals surface area contributed by atoms with Crippen molar-refractivity contribution < 1.29 is 8.42 Å². The molecular weight excluding hydrogens is 270 g/mol. The third-order valence-electron chi connectivity index (χ3n) is 3.47. The Morgan fingerprint density at radius 1 is 1.25 bits per heavy atom. The lowest BCUT2D eigenvalue weighted by molar-refractivity contribution is 0.506. The highest BCUT2D eigenvalue weighted by atomic mass is 32.2. The van der Waals surface area contributed by atoms with E-state index in [1.165, 1.54) is 0 Å². The third kappa shape index (κ3) is 6.53. The number of rotatable bonds is 9. The molecule has 0 amide bonds. The van der Waals surface area contributed by atoms with Crippen molar-refractivity contribution in [3.05, 3.63) is 35.4 Å². The minimum atomic E-state index is -3.00. The van der Waals surface area contributed by atoms with Gasteiger partial charge in [0, 0.05) is 6.04 Å².